The van der Waals surface area contributed by atoms with Gasteiger partial charge in [-0.05, 0) is 24.3 Å². The number of hydrogen-bond acceptors (Lipinski definition) is 2. The second-order valence-electron chi connectivity index (χ2n) is 4.03. The molecule has 1 aliphatic carbocycles. The number of ketones is 1. The van der Waals surface area contributed by atoms with E-state index in [0.717, 1.165) is 18.4 Å². The largest absolute Gasteiger partial charge is 0.384 e. The van der Waals surface area contributed by atoms with Gasteiger partial charge in [-0.1, -0.05) is 25.8 Å². The van der Waals surface area contributed by atoms with Gasteiger partial charge in [-0.3, -0.25) is 4.79 Å². The van der Waals surface area contributed by atoms with Crippen molar-refractivity contribution in [1.82, 2.24) is 0 Å². The molecular formula is C12H20O2. The van der Waals surface area contributed by atoms with Crippen molar-refractivity contribution >= 4 is 5.78 Å². The average molecular weight is 196 g/mol. The van der Waals surface area contributed by atoms with E-state index in [2.05, 4.69) is 6.58 Å². The third-order valence-corrected chi connectivity index (χ3v) is 2.99. The maximum Gasteiger partial charge on any atom is 0.160 e. The molecule has 0 saturated heterocycles. The van der Waals surface area contributed by atoms with Gasteiger partial charge in [0, 0.05) is 13.5 Å². The van der Waals surface area contributed by atoms with Crippen molar-refractivity contribution in [1.29, 1.82) is 0 Å². The summed E-state index contributed by atoms with van der Waals surface area (Å²) >= 11 is 0. The molecule has 1 saturated carbocycles. The minimum Gasteiger partial charge on any atom is -0.384 e. The van der Waals surface area contributed by atoms with E-state index in [1.54, 1.807) is 7.11 Å². The topological polar surface area (TPSA) is 26.3 Å². The first-order chi connectivity index (χ1) is 6.75. The lowest BCUT2D eigenvalue weighted by atomic mass is 9.82. The van der Waals surface area contributed by atoms with Crippen molar-refractivity contribution < 1.29 is 9.53 Å². The molecule has 0 bridgehead atoms. The van der Waals surface area contributed by atoms with E-state index in [-0.39, 0.29) is 5.78 Å². The second-order valence-corrected chi connectivity index (χ2v) is 4.03. The lowest BCUT2D eigenvalue weighted by molar-refractivity contribution is -0.117. The molecule has 0 unspecified atom stereocenters. The van der Waals surface area contributed by atoms with Crippen LogP contribution in [-0.4, -0.2) is 19.5 Å². The highest BCUT2D eigenvalue weighted by atomic mass is 16.5. The van der Waals surface area contributed by atoms with E-state index in [0.29, 0.717) is 18.9 Å². The normalized spacial score (nSPS) is 18.1. The summed E-state index contributed by atoms with van der Waals surface area (Å²) in [6.45, 7) is 4.44. The highest BCUT2D eigenvalue weighted by Gasteiger charge is 2.20. The molecule has 1 fully saturated rings. The molecule has 0 aliphatic heterocycles. The minimum atomic E-state index is 0.193. The van der Waals surface area contributed by atoms with Crippen LogP contribution in [0, 0.1) is 5.92 Å². The van der Waals surface area contributed by atoms with Crippen LogP contribution >= 0.6 is 0 Å². The summed E-state index contributed by atoms with van der Waals surface area (Å²) in [6, 6.07) is 0. The lowest BCUT2D eigenvalue weighted by Gasteiger charge is -2.22. The van der Waals surface area contributed by atoms with Gasteiger partial charge in [0.25, 0.3) is 0 Å². The van der Waals surface area contributed by atoms with Gasteiger partial charge >= 0.3 is 0 Å². The van der Waals surface area contributed by atoms with Crippen molar-refractivity contribution in [2.24, 2.45) is 5.92 Å². The Hall–Kier alpha value is -0.630. The minimum absolute atomic E-state index is 0.193. The Morgan fingerprint density at radius 2 is 2.00 bits per heavy atom. The van der Waals surface area contributed by atoms with E-state index in [9.17, 15) is 4.79 Å². The third kappa shape index (κ3) is 3.26. The fourth-order valence-corrected chi connectivity index (χ4v) is 2.03. The Bertz CT molecular complexity index is 202. The van der Waals surface area contributed by atoms with Crippen LogP contribution in [0.25, 0.3) is 0 Å². The highest BCUT2D eigenvalue weighted by molar-refractivity contribution is 5.95. The highest BCUT2D eigenvalue weighted by Crippen LogP contribution is 2.29. The summed E-state index contributed by atoms with van der Waals surface area (Å²) < 4.78 is 4.89. The van der Waals surface area contributed by atoms with Crippen molar-refractivity contribution in [3.05, 3.63) is 12.2 Å². The summed E-state index contributed by atoms with van der Waals surface area (Å²) in [4.78, 5) is 11.6. The Morgan fingerprint density at radius 1 is 1.36 bits per heavy atom. The van der Waals surface area contributed by atoms with E-state index in [1.165, 1.54) is 19.3 Å². The number of hydrogen-bond donors (Lipinski definition) is 0. The molecule has 0 amide bonds. The van der Waals surface area contributed by atoms with Crippen LogP contribution in [0.3, 0.4) is 0 Å². The Labute approximate surface area is 86.3 Å². The molecule has 0 N–H and O–H groups in total. The first-order valence-corrected chi connectivity index (χ1v) is 5.46. The molecule has 1 rings (SSSR count). The predicted molar refractivity (Wildman–Crippen MR) is 57.2 cm³/mol. The Balaban J connectivity index is 2.34. The number of allylic oxidation sites excluding steroid dienone is 1. The molecule has 1 aliphatic rings. The fraction of sp³-hybridized carbons (Fsp3) is 0.750. The maximum atomic E-state index is 11.6. The van der Waals surface area contributed by atoms with Gasteiger partial charge in [0.2, 0.25) is 0 Å². The van der Waals surface area contributed by atoms with Crippen LogP contribution in [0.4, 0.5) is 0 Å². The van der Waals surface area contributed by atoms with Gasteiger partial charge in [0.1, 0.15) is 0 Å². The average Bonchev–Trinajstić information content (AvgIpc) is 2.26. The standard InChI is InChI=1S/C12H20O2/c1-10(12(13)8-9-14-2)11-6-4-3-5-7-11/h11H,1,3-9H2,2H3. The Morgan fingerprint density at radius 3 is 2.57 bits per heavy atom. The van der Waals surface area contributed by atoms with Gasteiger partial charge in [0.15, 0.2) is 5.78 Å². The summed E-state index contributed by atoms with van der Waals surface area (Å²) in [5.41, 5.74) is 0.835. The summed E-state index contributed by atoms with van der Waals surface area (Å²) in [7, 11) is 1.62. The summed E-state index contributed by atoms with van der Waals surface area (Å²) in [5.74, 6) is 0.645. The van der Waals surface area contributed by atoms with E-state index < -0.39 is 0 Å². The van der Waals surface area contributed by atoms with Crippen LogP contribution in [0.15, 0.2) is 12.2 Å². The number of rotatable bonds is 5. The lowest BCUT2D eigenvalue weighted by Crippen LogP contribution is -2.16. The van der Waals surface area contributed by atoms with Gasteiger partial charge in [-0.2, -0.15) is 0 Å². The first kappa shape index (κ1) is 11.4. The van der Waals surface area contributed by atoms with Gasteiger partial charge in [-0.25, -0.2) is 0 Å². The van der Waals surface area contributed by atoms with Crippen LogP contribution in [0.5, 0.6) is 0 Å². The second kappa shape index (κ2) is 5.97. The van der Waals surface area contributed by atoms with Crippen LogP contribution in [0.1, 0.15) is 38.5 Å². The van der Waals surface area contributed by atoms with Crippen LogP contribution in [0.2, 0.25) is 0 Å². The molecule has 2 heteroatoms. The van der Waals surface area contributed by atoms with Gasteiger partial charge < -0.3 is 4.74 Å². The van der Waals surface area contributed by atoms with Crippen LogP contribution in [-0.2, 0) is 9.53 Å². The molecule has 0 atom stereocenters. The molecule has 2 nitrogen and oxygen atoms in total. The predicted octanol–water partition coefficient (Wildman–Crippen LogP) is 2.73. The number of Topliss-reactive ketones (excluding diaryl/α,β-unsaturated/α-hetero) is 1. The molecule has 0 aromatic rings. The van der Waals surface area contributed by atoms with Gasteiger partial charge in [0.05, 0.1) is 6.61 Å². The molecular weight excluding hydrogens is 176 g/mol. The summed E-state index contributed by atoms with van der Waals surface area (Å²) in [5, 5.41) is 0. The maximum absolute atomic E-state index is 11.6. The molecule has 80 valence electrons. The van der Waals surface area contributed by atoms with Crippen molar-refractivity contribution in [2.45, 2.75) is 38.5 Å². The van der Waals surface area contributed by atoms with Crippen molar-refractivity contribution in [3.8, 4) is 0 Å². The Kier molecular flexibility index (Phi) is 4.88. The fourth-order valence-electron chi connectivity index (χ4n) is 2.03. The number of ether oxygens (including phenoxy) is 1. The quantitative estimate of drug-likeness (QED) is 0.632. The van der Waals surface area contributed by atoms with Crippen LogP contribution < -0.4 is 0 Å². The van der Waals surface area contributed by atoms with Crippen molar-refractivity contribution in [2.75, 3.05) is 13.7 Å². The molecule has 0 aromatic carbocycles. The van der Waals surface area contributed by atoms with Crippen molar-refractivity contribution in [3.63, 3.8) is 0 Å². The number of carbonyl (C=O) groups is 1. The molecule has 14 heavy (non-hydrogen) atoms. The molecule has 0 spiro atoms. The third-order valence-electron chi connectivity index (χ3n) is 2.99. The van der Waals surface area contributed by atoms with Gasteiger partial charge in [-0.15, -0.1) is 0 Å². The molecule has 0 aromatic heterocycles. The van der Waals surface area contributed by atoms with E-state index in [4.69, 9.17) is 4.74 Å². The SMILES string of the molecule is C=C(C(=O)CCOC)C1CCCCC1. The van der Waals surface area contributed by atoms with E-state index in [1.807, 2.05) is 0 Å². The first-order valence-electron chi connectivity index (χ1n) is 5.46. The number of methoxy groups -OCH3 is 1. The molecule has 0 radical (unpaired) electrons. The zero-order chi connectivity index (χ0) is 10.4. The summed E-state index contributed by atoms with van der Waals surface area (Å²) in [6.07, 6.45) is 6.61. The zero-order valence-electron chi connectivity index (χ0n) is 9.05. The zero-order valence-corrected chi connectivity index (χ0v) is 9.05. The van der Waals surface area contributed by atoms with E-state index >= 15 is 0 Å². The monoisotopic (exact) mass is 196 g/mol. The smallest absolute Gasteiger partial charge is 0.160 e. The molecule has 0 heterocycles. The number of carbonyl (C=O) groups excluding carboxylic acids is 1.